The third kappa shape index (κ3) is 4.45. The second kappa shape index (κ2) is 8.65. The molecule has 0 aliphatic rings. The van der Waals surface area contributed by atoms with Crippen LogP contribution in [0.2, 0.25) is 0 Å². The summed E-state index contributed by atoms with van der Waals surface area (Å²) in [5.74, 6) is -0.350. The number of nitrogens with two attached hydrogens (primary N) is 1. The molecular formula is C17H22ClNO2. The molecule has 0 fully saturated rings. The number of unbranched alkanes of at least 4 members (excludes halogenated alkanes) is 2. The molecule has 21 heavy (non-hydrogen) atoms. The van der Waals surface area contributed by atoms with Gasteiger partial charge in [0.25, 0.3) is 0 Å². The zero-order valence-electron chi connectivity index (χ0n) is 12.2. The lowest BCUT2D eigenvalue weighted by Gasteiger charge is -2.14. The minimum atomic E-state index is -0.720. The van der Waals surface area contributed by atoms with Crippen LogP contribution < -0.4 is 5.73 Å². The maximum Gasteiger partial charge on any atom is 0.327 e. The summed E-state index contributed by atoms with van der Waals surface area (Å²) in [5, 5.41) is 2.09. The largest absolute Gasteiger partial charge is 0.464 e. The second-order valence-corrected chi connectivity index (χ2v) is 4.92. The van der Waals surface area contributed by atoms with Gasteiger partial charge in [-0.05, 0) is 22.8 Å². The van der Waals surface area contributed by atoms with Gasteiger partial charge in [-0.2, -0.15) is 0 Å². The molecule has 2 N–H and O–H groups in total. The van der Waals surface area contributed by atoms with E-state index in [0.717, 1.165) is 35.6 Å². The molecule has 0 saturated heterocycles. The van der Waals surface area contributed by atoms with Crippen LogP contribution in [0, 0.1) is 0 Å². The maximum atomic E-state index is 12.0. The van der Waals surface area contributed by atoms with E-state index in [1.54, 1.807) is 0 Å². The number of hydrogen-bond acceptors (Lipinski definition) is 3. The Kier molecular flexibility index (Phi) is 7.20. The molecular weight excluding hydrogens is 286 g/mol. The monoisotopic (exact) mass is 307 g/mol. The molecule has 0 aromatic heterocycles. The lowest BCUT2D eigenvalue weighted by Crippen LogP contribution is -2.24. The van der Waals surface area contributed by atoms with Crippen LogP contribution in [0.25, 0.3) is 10.8 Å². The van der Waals surface area contributed by atoms with Crippen LogP contribution in [0.15, 0.2) is 42.5 Å². The first-order valence-corrected chi connectivity index (χ1v) is 7.14. The minimum absolute atomic E-state index is 0. The van der Waals surface area contributed by atoms with Crippen LogP contribution in [0.4, 0.5) is 0 Å². The van der Waals surface area contributed by atoms with Gasteiger partial charge in [0, 0.05) is 0 Å². The van der Waals surface area contributed by atoms with Crippen molar-refractivity contribution in [3.63, 3.8) is 0 Å². The number of carbonyl (C=O) groups is 1. The molecule has 0 bridgehead atoms. The van der Waals surface area contributed by atoms with Crippen LogP contribution in [-0.2, 0) is 9.53 Å². The molecule has 0 saturated carbocycles. The van der Waals surface area contributed by atoms with Crippen LogP contribution in [0.1, 0.15) is 37.8 Å². The third-order valence-corrected chi connectivity index (χ3v) is 3.40. The Bertz CT molecular complexity index is 581. The van der Waals surface area contributed by atoms with Crippen molar-refractivity contribution in [3.8, 4) is 0 Å². The van der Waals surface area contributed by atoms with E-state index in [1.807, 2.05) is 42.5 Å². The van der Waals surface area contributed by atoms with E-state index < -0.39 is 6.04 Å². The molecule has 1 unspecified atom stereocenters. The Balaban J connectivity index is 0.00000220. The molecule has 3 nitrogen and oxygen atoms in total. The number of fused-ring (bicyclic) bond motifs is 1. The van der Waals surface area contributed by atoms with Crippen LogP contribution in [0.3, 0.4) is 0 Å². The van der Waals surface area contributed by atoms with Crippen molar-refractivity contribution in [2.45, 2.75) is 32.2 Å². The Morgan fingerprint density at radius 2 is 1.86 bits per heavy atom. The van der Waals surface area contributed by atoms with E-state index in [1.165, 1.54) is 0 Å². The molecule has 1 atom stereocenters. The summed E-state index contributed by atoms with van der Waals surface area (Å²) < 4.78 is 5.25. The fraction of sp³-hybridized carbons (Fsp3) is 0.353. The topological polar surface area (TPSA) is 52.3 Å². The average molecular weight is 308 g/mol. The lowest BCUT2D eigenvalue weighted by atomic mass is 9.99. The molecule has 114 valence electrons. The van der Waals surface area contributed by atoms with Crippen molar-refractivity contribution in [1.29, 1.82) is 0 Å². The van der Waals surface area contributed by atoms with Crippen molar-refractivity contribution in [2.24, 2.45) is 5.73 Å². The second-order valence-electron chi connectivity index (χ2n) is 4.92. The van der Waals surface area contributed by atoms with E-state index in [-0.39, 0.29) is 18.4 Å². The normalized spacial score (nSPS) is 11.7. The third-order valence-electron chi connectivity index (χ3n) is 3.40. The molecule has 4 heteroatoms. The number of halogens is 1. The van der Waals surface area contributed by atoms with Gasteiger partial charge in [-0.25, -0.2) is 4.79 Å². The van der Waals surface area contributed by atoms with Gasteiger partial charge >= 0.3 is 5.97 Å². The number of rotatable bonds is 6. The molecule has 0 spiro atoms. The van der Waals surface area contributed by atoms with Gasteiger partial charge in [-0.1, -0.05) is 62.2 Å². The average Bonchev–Trinajstić information content (AvgIpc) is 2.50. The van der Waals surface area contributed by atoms with Gasteiger partial charge in [0.1, 0.15) is 6.04 Å². The van der Waals surface area contributed by atoms with Gasteiger partial charge in [-0.3, -0.25) is 0 Å². The standard InChI is InChI=1S/C17H21NO2.ClH/c1-2-3-6-12-20-17(19)16(18)15-11-7-9-13-8-4-5-10-14(13)15;/h4-5,7-11,16H,2-3,6,12,18H2,1H3;1H. The van der Waals surface area contributed by atoms with Crippen molar-refractivity contribution in [2.75, 3.05) is 6.61 Å². The smallest absolute Gasteiger partial charge is 0.327 e. The predicted octanol–water partition coefficient (Wildman–Crippen LogP) is 3.99. The van der Waals surface area contributed by atoms with Gasteiger partial charge in [0.2, 0.25) is 0 Å². The number of esters is 1. The molecule has 2 rings (SSSR count). The number of benzene rings is 2. The highest BCUT2D eigenvalue weighted by Gasteiger charge is 2.19. The SMILES string of the molecule is CCCCCOC(=O)C(N)c1cccc2ccccc12.Cl. The summed E-state index contributed by atoms with van der Waals surface area (Å²) in [6.07, 6.45) is 3.06. The Labute approximate surface area is 131 Å². The highest BCUT2D eigenvalue weighted by Crippen LogP contribution is 2.23. The fourth-order valence-corrected chi connectivity index (χ4v) is 2.26. The molecule has 2 aromatic rings. The predicted molar refractivity (Wildman–Crippen MR) is 88.6 cm³/mol. The van der Waals surface area contributed by atoms with E-state index in [4.69, 9.17) is 10.5 Å². The molecule has 0 radical (unpaired) electrons. The summed E-state index contributed by atoms with van der Waals surface area (Å²) in [6.45, 7) is 2.56. The molecule has 2 aromatic carbocycles. The van der Waals surface area contributed by atoms with Crippen LogP contribution >= 0.6 is 12.4 Å². The van der Waals surface area contributed by atoms with Crippen LogP contribution in [0.5, 0.6) is 0 Å². The van der Waals surface area contributed by atoms with Gasteiger partial charge in [-0.15, -0.1) is 12.4 Å². The van der Waals surface area contributed by atoms with E-state index in [2.05, 4.69) is 6.92 Å². The van der Waals surface area contributed by atoms with Gasteiger partial charge < -0.3 is 10.5 Å². The number of hydrogen-bond donors (Lipinski definition) is 1. The van der Waals surface area contributed by atoms with Crippen molar-refractivity contribution >= 4 is 29.1 Å². The van der Waals surface area contributed by atoms with E-state index in [0.29, 0.717) is 6.61 Å². The molecule has 0 aliphatic carbocycles. The summed E-state index contributed by atoms with van der Waals surface area (Å²) >= 11 is 0. The summed E-state index contributed by atoms with van der Waals surface area (Å²) in [6, 6.07) is 13.0. The first-order valence-electron chi connectivity index (χ1n) is 7.14. The Hall–Kier alpha value is -1.58. The molecule has 0 aliphatic heterocycles. The van der Waals surface area contributed by atoms with Crippen molar-refractivity contribution in [3.05, 3.63) is 48.0 Å². The molecule has 0 amide bonds. The highest BCUT2D eigenvalue weighted by molar-refractivity contribution is 5.90. The number of ether oxygens (including phenoxy) is 1. The van der Waals surface area contributed by atoms with Gasteiger partial charge in [0.15, 0.2) is 0 Å². The minimum Gasteiger partial charge on any atom is -0.464 e. The number of carbonyl (C=O) groups excluding carboxylic acids is 1. The first kappa shape index (κ1) is 17.5. The molecule has 0 heterocycles. The van der Waals surface area contributed by atoms with Gasteiger partial charge in [0.05, 0.1) is 6.61 Å². The Morgan fingerprint density at radius 1 is 1.14 bits per heavy atom. The first-order chi connectivity index (χ1) is 9.74. The van der Waals surface area contributed by atoms with E-state index in [9.17, 15) is 4.79 Å². The summed E-state index contributed by atoms with van der Waals surface area (Å²) in [4.78, 5) is 12.0. The quantitative estimate of drug-likeness (QED) is 0.648. The summed E-state index contributed by atoms with van der Waals surface area (Å²) in [5.41, 5.74) is 6.87. The zero-order valence-corrected chi connectivity index (χ0v) is 13.1. The van der Waals surface area contributed by atoms with Crippen molar-refractivity contribution in [1.82, 2.24) is 0 Å². The lowest BCUT2D eigenvalue weighted by molar-refractivity contribution is -0.145. The zero-order chi connectivity index (χ0) is 14.4. The fourth-order valence-electron chi connectivity index (χ4n) is 2.26. The highest BCUT2D eigenvalue weighted by atomic mass is 35.5. The van der Waals surface area contributed by atoms with Crippen molar-refractivity contribution < 1.29 is 9.53 Å². The summed E-state index contributed by atoms with van der Waals surface area (Å²) in [7, 11) is 0. The maximum absolute atomic E-state index is 12.0. The van der Waals surface area contributed by atoms with Crippen LogP contribution in [-0.4, -0.2) is 12.6 Å². The Morgan fingerprint density at radius 3 is 2.62 bits per heavy atom. The van der Waals surface area contributed by atoms with E-state index >= 15 is 0 Å².